The molecule has 90 heavy (non-hydrogen) atoms. The van der Waals surface area contributed by atoms with E-state index in [-0.39, 0.29) is 91.6 Å². The van der Waals surface area contributed by atoms with E-state index in [0.717, 1.165) is 90.1 Å². The highest BCUT2D eigenvalue weighted by Gasteiger charge is 2.47. The van der Waals surface area contributed by atoms with Gasteiger partial charge in [-0.25, -0.2) is 14.2 Å². The molecule has 2 unspecified atom stereocenters. The molecule has 0 radical (unpaired) electrons. The minimum atomic E-state index is -0.847. The number of hydrogen-bond acceptors (Lipinski definition) is 19. The Hall–Kier alpha value is -7.57. The van der Waals surface area contributed by atoms with Gasteiger partial charge in [0.05, 0.1) is 51.7 Å². The number of piperazine rings is 2. The molecule has 9 heterocycles. The maximum Gasteiger partial charge on any atom is 0.410 e. The van der Waals surface area contributed by atoms with E-state index in [1.54, 1.807) is 24.6 Å². The van der Waals surface area contributed by atoms with Gasteiger partial charge in [0.2, 0.25) is 11.8 Å². The lowest BCUT2D eigenvalue weighted by Gasteiger charge is -2.45. The Morgan fingerprint density at radius 2 is 1.69 bits per heavy atom. The van der Waals surface area contributed by atoms with Crippen molar-refractivity contribution in [3.05, 3.63) is 101 Å². The molecule has 5 aliphatic heterocycles. The fourth-order valence-corrected chi connectivity index (χ4v) is 14.6. The standard InChI is InChI=1S/C67H83FN12O9S/c1-11-42-13-12-14-45-23-50(87-37-85-10)25-51(57(42)45)59-58(68)60-52(27-69-59)62(78-32-46-19-20-47(33-78)80(46)66(84)88-67(6,7)8)73-65(72-60)86-35-48-31-76(22-21-75(48)9)28-41-29-77(30-41)55-26-54(89-74-55)56(38(2)3)64(83)79-34-49(81)24-53(79)63(82)71-39(4)43-15-17-44(18-16-43)61-40(5)70-36-90-61/h12-18,23,25-27,36,38-39,41,46-49,53,56,81H,11,19-22,24,28-35,37H2,1-10H3,(H,71,82)/t39-,46?,47?,48+,49+,53-,56+/m0/s1. The number of nitrogens with one attached hydrogen (secondary N) is 1. The number of carbonyl (C=O) groups is 3. The van der Waals surface area contributed by atoms with Crippen molar-refractivity contribution in [1.29, 1.82) is 0 Å². The predicted molar refractivity (Wildman–Crippen MR) is 342 cm³/mol. The highest BCUT2D eigenvalue weighted by atomic mass is 32.1. The Balaban J connectivity index is 0.716. The number of rotatable bonds is 19. The monoisotopic (exact) mass is 1250 g/mol. The third-order valence-electron chi connectivity index (χ3n) is 18.5. The zero-order valence-electron chi connectivity index (χ0n) is 53.1. The maximum atomic E-state index is 17.8. The number of amides is 3. The summed E-state index contributed by atoms with van der Waals surface area (Å²) in [4.78, 5) is 74.7. The average molecular weight is 1250 g/mol. The van der Waals surface area contributed by atoms with Crippen LogP contribution >= 0.6 is 11.3 Å². The van der Waals surface area contributed by atoms with E-state index in [2.05, 4.69) is 49.0 Å². The maximum absolute atomic E-state index is 17.8. The number of aryl methyl sites for hydroxylation is 2. The first kappa shape index (κ1) is 62.6. The summed E-state index contributed by atoms with van der Waals surface area (Å²) in [7, 11) is 3.64. The van der Waals surface area contributed by atoms with E-state index in [0.29, 0.717) is 59.5 Å². The topological polar surface area (TPSA) is 217 Å². The molecule has 0 saturated carbocycles. The molecule has 7 atom stereocenters. The van der Waals surface area contributed by atoms with Crippen LogP contribution in [0.5, 0.6) is 11.8 Å². The quantitative estimate of drug-likeness (QED) is 0.0721. The highest BCUT2D eigenvalue weighted by Crippen LogP contribution is 2.42. The molecule has 23 heteroatoms. The van der Waals surface area contributed by atoms with Crippen LogP contribution in [-0.4, -0.2) is 190 Å². The number of methoxy groups -OCH3 is 1. The zero-order valence-corrected chi connectivity index (χ0v) is 54.0. The molecule has 478 valence electrons. The van der Waals surface area contributed by atoms with Gasteiger partial charge in [0.25, 0.3) is 0 Å². The number of nitrogens with zero attached hydrogens (tertiary/aromatic N) is 11. The summed E-state index contributed by atoms with van der Waals surface area (Å²) in [6, 6.07) is 18.2. The van der Waals surface area contributed by atoms with Crippen LogP contribution in [-0.2, 0) is 25.5 Å². The van der Waals surface area contributed by atoms with E-state index in [9.17, 15) is 19.5 Å². The van der Waals surface area contributed by atoms with Gasteiger partial charge in [-0.1, -0.05) is 68.4 Å². The second-order valence-corrected chi connectivity index (χ2v) is 27.2. The molecular weight excluding hydrogens is 1170 g/mol. The first-order valence-electron chi connectivity index (χ1n) is 31.6. The Morgan fingerprint density at radius 3 is 2.39 bits per heavy atom. The SMILES string of the molecule is CCc1cccc2cc(OCOC)cc(-c3ncc4c(N5CC6CCC(C5)N6C(=O)OC(C)(C)C)nc(OC[C@H]5CN(CC6CN(c7cc([C@H](C(=O)N8C[C@H](O)C[C@H]8C(=O)N[C@@H](C)c8ccc(-c9scnc9C)cc8)C(C)C)on7)C6)CCN5C)nc4c3F)c12. The van der Waals surface area contributed by atoms with Crippen LogP contribution in [0.15, 0.2) is 76.9 Å². The van der Waals surface area contributed by atoms with Crippen molar-refractivity contribution in [3.8, 4) is 33.5 Å². The van der Waals surface area contributed by atoms with Gasteiger partial charge in [0.15, 0.2) is 24.2 Å². The van der Waals surface area contributed by atoms with Crippen LogP contribution in [0.1, 0.15) is 102 Å². The molecule has 4 aromatic heterocycles. The second-order valence-electron chi connectivity index (χ2n) is 26.4. The van der Waals surface area contributed by atoms with E-state index >= 15 is 4.39 Å². The number of thiazole rings is 1. The highest BCUT2D eigenvalue weighted by molar-refractivity contribution is 7.13. The number of fused-ring (bicyclic) bond motifs is 4. The number of β-amino-alcohol motifs (C(OH)–C–C–N with tert-alkyl or cyclic N) is 1. The van der Waals surface area contributed by atoms with Gasteiger partial charge in [-0.15, -0.1) is 11.3 Å². The molecule has 7 aromatic rings. The van der Waals surface area contributed by atoms with E-state index in [4.69, 9.17) is 38.4 Å². The van der Waals surface area contributed by atoms with Crippen LogP contribution in [0, 0.1) is 24.6 Å². The smallest absolute Gasteiger partial charge is 0.410 e. The van der Waals surface area contributed by atoms with Crippen molar-refractivity contribution >= 4 is 62.6 Å². The summed E-state index contributed by atoms with van der Waals surface area (Å²) >= 11 is 1.59. The third-order valence-corrected chi connectivity index (χ3v) is 19.5. The minimum Gasteiger partial charge on any atom is -0.468 e. The van der Waals surface area contributed by atoms with Gasteiger partial charge < -0.3 is 48.6 Å². The molecule has 3 aromatic carbocycles. The molecule has 12 rings (SSSR count). The number of benzene rings is 3. The number of aliphatic hydroxyl groups excluding tert-OH is 1. The van der Waals surface area contributed by atoms with E-state index in [1.165, 1.54) is 4.90 Å². The number of halogens is 1. The number of anilines is 2. The lowest BCUT2D eigenvalue weighted by molar-refractivity contribution is -0.141. The summed E-state index contributed by atoms with van der Waals surface area (Å²) in [5, 5.41) is 20.6. The molecule has 5 fully saturated rings. The molecule has 21 nitrogen and oxygen atoms in total. The van der Waals surface area contributed by atoms with Crippen LogP contribution in [0.25, 0.3) is 43.4 Å². The second kappa shape index (κ2) is 26.0. The summed E-state index contributed by atoms with van der Waals surface area (Å²) in [5.41, 5.74) is 5.95. The van der Waals surface area contributed by atoms with Crippen LogP contribution in [0.3, 0.4) is 0 Å². The number of carbonyl (C=O) groups excluding carboxylic acids is 3. The number of pyridine rings is 1. The molecule has 5 saturated heterocycles. The third kappa shape index (κ3) is 12.9. The number of hydrogen-bond donors (Lipinski definition) is 2. The van der Waals surface area contributed by atoms with Crippen LogP contribution < -0.4 is 24.6 Å². The van der Waals surface area contributed by atoms with E-state index in [1.807, 2.05) is 120 Å². The van der Waals surface area contributed by atoms with Gasteiger partial charge in [0.1, 0.15) is 46.9 Å². The lowest BCUT2D eigenvalue weighted by atomic mass is 9.91. The number of likely N-dealkylation sites (N-methyl/N-ethyl adjacent to an activating group) is 1. The van der Waals surface area contributed by atoms with Crippen molar-refractivity contribution in [2.45, 2.75) is 129 Å². The van der Waals surface area contributed by atoms with Crippen molar-refractivity contribution < 1.29 is 47.4 Å². The largest absolute Gasteiger partial charge is 0.468 e. The lowest BCUT2D eigenvalue weighted by Crippen LogP contribution is -2.58. The predicted octanol–water partition coefficient (Wildman–Crippen LogP) is 9.25. The first-order chi connectivity index (χ1) is 43.2. The van der Waals surface area contributed by atoms with Crippen molar-refractivity contribution in [3.63, 3.8) is 0 Å². The number of ether oxygens (including phenoxy) is 4. The Morgan fingerprint density at radius 1 is 0.922 bits per heavy atom. The fourth-order valence-electron chi connectivity index (χ4n) is 13.8. The molecule has 2 N–H and O–H groups in total. The van der Waals surface area contributed by atoms with Gasteiger partial charge in [-0.05, 0) is 106 Å². The summed E-state index contributed by atoms with van der Waals surface area (Å²) in [5.74, 6) is 0.316. The van der Waals surface area contributed by atoms with E-state index < -0.39 is 29.5 Å². The van der Waals surface area contributed by atoms with Gasteiger partial charge in [-0.2, -0.15) is 9.97 Å². The molecule has 3 amide bonds. The average Bonchev–Trinajstić information content (AvgIpc) is 0.970. The van der Waals surface area contributed by atoms with Crippen molar-refractivity contribution in [2.75, 3.05) is 96.3 Å². The Labute approximate surface area is 528 Å². The summed E-state index contributed by atoms with van der Waals surface area (Å²) in [6.07, 6.45) is 2.93. The zero-order chi connectivity index (χ0) is 63.3. The van der Waals surface area contributed by atoms with Crippen molar-refractivity contribution in [2.24, 2.45) is 11.8 Å². The van der Waals surface area contributed by atoms with Crippen LogP contribution in [0.2, 0.25) is 0 Å². The first-order valence-corrected chi connectivity index (χ1v) is 32.5. The molecular formula is C67H83FN12O9S. The summed E-state index contributed by atoms with van der Waals surface area (Å²) < 4.78 is 47.5. The Kier molecular flexibility index (Phi) is 18.1. The fraction of sp³-hybridized carbons (Fsp3) is 0.522. The van der Waals surface area contributed by atoms with Gasteiger partial charge in [0, 0.05) is 96.2 Å². The Bertz CT molecular complexity index is 3750. The number of aromatic nitrogens is 5. The molecule has 5 aliphatic rings. The normalized spacial score (nSPS) is 21.5. The molecule has 0 spiro atoms. The number of aliphatic hydroxyl groups is 1. The minimum absolute atomic E-state index is 0.0159. The molecule has 2 bridgehead atoms. The van der Waals surface area contributed by atoms with Gasteiger partial charge >= 0.3 is 12.1 Å². The molecule has 0 aliphatic carbocycles. The number of likely N-dealkylation sites (tertiary alicyclic amines) is 1. The van der Waals surface area contributed by atoms with Gasteiger partial charge in [-0.3, -0.25) is 29.3 Å². The summed E-state index contributed by atoms with van der Waals surface area (Å²) in [6.45, 7) is 21.4. The van der Waals surface area contributed by atoms with Crippen molar-refractivity contribution in [1.82, 2.24) is 50.0 Å². The van der Waals surface area contributed by atoms with Crippen LogP contribution in [0.4, 0.5) is 20.8 Å².